The Morgan fingerprint density at radius 1 is 1.44 bits per heavy atom. The first kappa shape index (κ1) is 11.6. The minimum absolute atomic E-state index is 0.584. The van der Waals surface area contributed by atoms with Gasteiger partial charge in [0.25, 0.3) is 0 Å². The molecule has 1 aromatic heterocycles. The largest absolute Gasteiger partial charge is 0.315 e. The number of likely N-dealkylation sites (N-methyl/N-ethyl adjacent to an activating group) is 1. The second-order valence-electron chi connectivity index (χ2n) is 5.05. The third kappa shape index (κ3) is 2.46. The summed E-state index contributed by atoms with van der Waals surface area (Å²) in [5, 5.41) is 8.01. The first-order valence-electron chi connectivity index (χ1n) is 6.39. The zero-order valence-electron chi connectivity index (χ0n) is 10.7. The first-order valence-corrected chi connectivity index (χ1v) is 6.39. The molecule has 1 N–H and O–H groups in total. The van der Waals surface area contributed by atoms with Crippen molar-refractivity contribution in [3.63, 3.8) is 0 Å². The third-order valence-electron chi connectivity index (χ3n) is 3.81. The number of hydrogen-bond acceptors (Lipinski definition) is 2. The van der Waals surface area contributed by atoms with E-state index in [2.05, 4.69) is 42.1 Å². The van der Waals surface area contributed by atoms with Crippen LogP contribution >= 0.6 is 0 Å². The highest BCUT2D eigenvalue weighted by Gasteiger charge is 2.24. The minimum atomic E-state index is 0.584. The Morgan fingerprint density at radius 3 is 2.62 bits per heavy atom. The zero-order valence-corrected chi connectivity index (χ0v) is 10.7. The van der Waals surface area contributed by atoms with Crippen molar-refractivity contribution in [2.75, 3.05) is 7.05 Å². The summed E-state index contributed by atoms with van der Waals surface area (Å²) in [6.07, 6.45) is 5.57. The Labute approximate surface area is 98.2 Å². The van der Waals surface area contributed by atoms with Crippen LogP contribution in [0, 0.1) is 19.8 Å². The minimum Gasteiger partial charge on any atom is -0.315 e. The molecule has 0 amide bonds. The summed E-state index contributed by atoms with van der Waals surface area (Å²) in [5.74, 6) is 0.842. The monoisotopic (exact) mass is 221 g/mol. The molecule has 0 aliphatic heterocycles. The van der Waals surface area contributed by atoms with Gasteiger partial charge in [0, 0.05) is 11.7 Å². The van der Waals surface area contributed by atoms with Crippen LogP contribution in [-0.2, 0) is 6.54 Å². The maximum absolute atomic E-state index is 4.55. The average Bonchev–Trinajstić information content (AvgIpc) is 2.85. The van der Waals surface area contributed by atoms with Gasteiger partial charge < -0.3 is 5.32 Å². The number of aryl methyl sites for hydroxylation is 2. The van der Waals surface area contributed by atoms with Crippen molar-refractivity contribution >= 4 is 0 Å². The molecular weight excluding hydrogens is 198 g/mol. The molecule has 0 radical (unpaired) electrons. The van der Waals surface area contributed by atoms with Crippen LogP contribution in [0.25, 0.3) is 0 Å². The second-order valence-corrected chi connectivity index (χ2v) is 5.05. The molecule has 3 heteroatoms. The van der Waals surface area contributed by atoms with Gasteiger partial charge in [-0.3, -0.25) is 4.68 Å². The van der Waals surface area contributed by atoms with E-state index in [1.165, 1.54) is 31.4 Å². The highest BCUT2D eigenvalue weighted by atomic mass is 15.3. The van der Waals surface area contributed by atoms with Crippen molar-refractivity contribution < 1.29 is 0 Å². The second kappa shape index (κ2) is 5.00. The van der Waals surface area contributed by atoms with Crippen LogP contribution in [0.4, 0.5) is 0 Å². The number of aromatic nitrogens is 2. The molecule has 1 aliphatic carbocycles. The maximum Gasteiger partial charge on any atom is 0.0596 e. The third-order valence-corrected chi connectivity index (χ3v) is 3.81. The fraction of sp³-hybridized carbons (Fsp3) is 0.769. The van der Waals surface area contributed by atoms with Gasteiger partial charge in [-0.15, -0.1) is 0 Å². The van der Waals surface area contributed by atoms with E-state index in [1.54, 1.807) is 0 Å². The number of nitrogens with zero attached hydrogens (tertiary/aromatic N) is 2. The van der Waals surface area contributed by atoms with Crippen LogP contribution in [0.5, 0.6) is 0 Å². The summed E-state index contributed by atoms with van der Waals surface area (Å²) in [5.41, 5.74) is 2.40. The maximum atomic E-state index is 4.55. The number of hydrogen-bond donors (Lipinski definition) is 1. The number of rotatable bonds is 4. The molecule has 1 aliphatic rings. The molecular formula is C13H23N3. The lowest BCUT2D eigenvalue weighted by Gasteiger charge is -2.23. The highest BCUT2D eigenvalue weighted by Crippen LogP contribution is 2.28. The Hall–Kier alpha value is -0.830. The van der Waals surface area contributed by atoms with E-state index in [-0.39, 0.29) is 0 Å². The van der Waals surface area contributed by atoms with E-state index in [4.69, 9.17) is 0 Å². The van der Waals surface area contributed by atoms with Gasteiger partial charge in [-0.2, -0.15) is 5.10 Å². The fourth-order valence-corrected chi connectivity index (χ4v) is 2.88. The van der Waals surface area contributed by atoms with Gasteiger partial charge in [-0.25, -0.2) is 0 Å². The molecule has 0 bridgehead atoms. The zero-order chi connectivity index (χ0) is 11.5. The fourth-order valence-electron chi connectivity index (χ4n) is 2.88. The Bertz CT molecular complexity index is 337. The van der Waals surface area contributed by atoms with Gasteiger partial charge in [-0.1, -0.05) is 12.8 Å². The van der Waals surface area contributed by atoms with Crippen LogP contribution in [0.1, 0.15) is 37.1 Å². The van der Waals surface area contributed by atoms with E-state index >= 15 is 0 Å². The summed E-state index contributed by atoms with van der Waals surface area (Å²) in [6, 6.07) is 2.74. The molecule has 0 spiro atoms. The van der Waals surface area contributed by atoms with Crippen LogP contribution in [0.2, 0.25) is 0 Å². The summed E-state index contributed by atoms with van der Waals surface area (Å²) in [6.45, 7) is 5.22. The van der Waals surface area contributed by atoms with E-state index < -0.39 is 0 Å². The smallest absolute Gasteiger partial charge is 0.0596 e. The lowest BCUT2D eigenvalue weighted by atomic mass is 9.98. The van der Waals surface area contributed by atoms with Crippen molar-refractivity contribution in [3.8, 4) is 0 Å². The molecule has 3 nitrogen and oxygen atoms in total. The van der Waals surface area contributed by atoms with Gasteiger partial charge in [-0.05, 0) is 45.7 Å². The van der Waals surface area contributed by atoms with Crippen molar-refractivity contribution in [1.29, 1.82) is 0 Å². The van der Waals surface area contributed by atoms with E-state index in [0.717, 1.165) is 18.2 Å². The van der Waals surface area contributed by atoms with Crippen molar-refractivity contribution in [2.45, 2.75) is 52.1 Å². The van der Waals surface area contributed by atoms with Gasteiger partial charge >= 0.3 is 0 Å². The summed E-state index contributed by atoms with van der Waals surface area (Å²) in [7, 11) is 2.08. The quantitative estimate of drug-likeness (QED) is 0.845. The molecule has 0 aromatic carbocycles. The lowest BCUT2D eigenvalue weighted by Crippen LogP contribution is -2.36. The van der Waals surface area contributed by atoms with Crippen LogP contribution < -0.4 is 5.32 Å². The molecule has 16 heavy (non-hydrogen) atoms. The molecule has 0 saturated heterocycles. The van der Waals surface area contributed by atoms with E-state index in [9.17, 15) is 0 Å². The van der Waals surface area contributed by atoms with E-state index in [0.29, 0.717) is 6.04 Å². The van der Waals surface area contributed by atoms with Crippen molar-refractivity contribution in [1.82, 2.24) is 15.1 Å². The topological polar surface area (TPSA) is 29.9 Å². The molecule has 1 fully saturated rings. The predicted molar refractivity (Wildman–Crippen MR) is 66.5 cm³/mol. The highest BCUT2D eigenvalue weighted by molar-refractivity contribution is 5.06. The van der Waals surface area contributed by atoms with Gasteiger partial charge in [0.05, 0.1) is 12.2 Å². The van der Waals surface area contributed by atoms with E-state index in [1.807, 2.05) is 0 Å². The lowest BCUT2D eigenvalue weighted by molar-refractivity contribution is 0.326. The molecule has 1 saturated carbocycles. The first-order chi connectivity index (χ1) is 7.70. The Balaban J connectivity index is 2.03. The standard InChI is InChI=1S/C13H23N3/c1-10-8-11(2)16(15-10)9-13(14-3)12-6-4-5-7-12/h8,12-14H,4-7,9H2,1-3H3. The number of nitrogens with one attached hydrogen (secondary N) is 1. The Kier molecular flexibility index (Phi) is 3.64. The molecule has 1 atom stereocenters. The van der Waals surface area contributed by atoms with Crippen LogP contribution in [0.3, 0.4) is 0 Å². The predicted octanol–water partition coefficient (Wildman–Crippen LogP) is 2.28. The summed E-state index contributed by atoms with van der Waals surface area (Å²) >= 11 is 0. The van der Waals surface area contributed by atoms with Gasteiger partial charge in [0.15, 0.2) is 0 Å². The summed E-state index contributed by atoms with van der Waals surface area (Å²) < 4.78 is 2.15. The Morgan fingerprint density at radius 2 is 2.12 bits per heavy atom. The summed E-state index contributed by atoms with van der Waals surface area (Å²) in [4.78, 5) is 0. The SMILES string of the molecule is CNC(Cn1nc(C)cc1C)C1CCCC1. The molecule has 2 rings (SSSR count). The van der Waals surface area contributed by atoms with Crippen molar-refractivity contribution in [3.05, 3.63) is 17.5 Å². The molecule has 90 valence electrons. The van der Waals surface area contributed by atoms with Gasteiger partial charge in [0.2, 0.25) is 0 Å². The van der Waals surface area contributed by atoms with Crippen LogP contribution in [-0.4, -0.2) is 22.9 Å². The van der Waals surface area contributed by atoms with Crippen LogP contribution in [0.15, 0.2) is 6.07 Å². The van der Waals surface area contributed by atoms with Gasteiger partial charge in [0.1, 0.15) is 0 Å². The van der Waals surface area contributed by atoms with Crippen molar-refractivity contribution in [2.24, 2.45) is 5.92 Å². The molecule has 1 aromatic rings. The average molecular weight is 221 g/mol. The molecule has 1 heterocycles. The normalized spacial score (nSPS) is 19.2. The molecule has 1 unspecified atom stereocenters.